The molecule has 0 aliphatic rings. The molecule has 0 bridgehead atoms. The Labute approximate surface area is 144 Å². The van der Waals surface area contributed by atoms with Gasteiger partial charge in [0, 0.05) is 18.2 Å². The van der Waals surface area contributed by atoms with E-state index in [0.29, 0.717) is 12.5 Å². The van der Waals surface area contributed by atoms with Gasteiger partial charge in [-0.15, -0.1) is 0 Å². The SMILES string of the molecule is NCCS.c1ccc(C(c2ccccc2)c2ccccc2)cc1. The van der Waals surface area contributed by atoms with Gasteiger partial charge in [-0.3, -0.25) is 0 Å². The second-order valence-electron chi connectivity index (χ2n) is 5.18. The lowest BCUT2D eigenvalue weighted by molar-refractivity contribution is 0.977. The van der Waals surface area contributed by atoms with E-state index in [2.05, 4.69) is 104 Å². The molecule has 118 valence electrons. The molecule has 0 spiro atoms. The number of hydrogen-bond acceptors (Lipinski definition) is 2. The third kappa shape index (κ3) is 5.27. The van der Waals surface area contributed by atoms with Crippen molar-refractivity contribution in [3.63, 3.8) is 0 Å². The first-order valence-electron chi connectivity index (χ1n) is 7.82. The molecular weight excluding hydrogens is 298 g/mol. The highest BCUT2D eigenvalue weighted by molar-refractivity contribution is 7.80. The molecule has 0 radical (unpaired) electrons. The van der Waals surface area contributed by atoms with E-state index in [1.165, 1.54) is 16.7 Å². The predicted molar refractivity (Wildman–Crippen MR) is 103 cm³/mol. The average Bonchev–Trinajstić information content (AvgIpc) is 2.65. The number of thiol groups is 1. The summed E-state index contributed by atoms with van der Waals surface area (Å²) in [6.07, 6.45) is 0. The van der Waals surface area contributed by atoms with E-state index >= 15 is 0 Å². The van der Waals surface area contributed by atoms with Gasteiger partial charge in [0.05, 0.1) is 0 Å². The molecule has 3 aromatic carbocycles. The van der Waals surface area contributed by atoms with Crippen LogP contribution in [-0.2, 0) is 0 Å². The Morgan fingerprint density at radius 2 is 0.870 bits per heavy atom. The van der Waals surface area contributed by atoms with Crippen molar-refractivity contribution < 1.29 is 0 Å². The van der Waals surface area contributed by atoms with Crippen molar-refractivity contribution in [1.29, 1.82) is 0 Å². The van der Waals surface area contributed by atoms with Crippen molar-refractivity contribution in [2.24, 2.45) is 5.73 Å². The van der Waals surface area contributed by atoms with E-state index in [0.717, 1.165) is 5.75 Å². The largest absolute Gasteiger partial charge is 0.330 e. The minimum Gasteiger partial charge on any atom is -0.330 e. The lowest BCUT2D eigenvalue weighted by Crippen LogP contribution is -2.02. The molecule has 0 amide bonds. The van der Waals surface area contributed by atoms with Crippen LogP contribution < -0.4 is 5.73 Å². The maximum atomic E-state index is 4.95. The molecule has 0 saturated heterocycles. The molecule has 0 fully saturated rings. The van der Waals surface area contributed by atoms with Crippen LogP contribution in [0.25, 0.3) is 0 Å². The lowest BCUT2D eigenvalue weighted by Gasteiger charge is -2.18. The molecule has 0 unspecified atom stereocenters. The number of rotatable bonds is 4. The molecule has 0 aliphatic carbocycles. The molecule has 0 heterocycles. The molecule has 2 heteroatoms. The van der Waals surface area contributed by atoms with Crippen molar-refractivity contribution in [3.8, 4) is 0 Å². The van der Waals surface area contributed by atoms with Gasteiger partial charge in [-0.05, 0) is 16.7 Å². The van der Waals surface area contributed by atoms with Crippen LogP contribution in [0.2, 0.25) is 0 Å². The molecular formula is C21H23NS. The first-order valence-corrected chi connectivity index (χ1v) is 8.46. The summed E-state index contributed by atoms with van der Waals surface area (Å²) in [5.74, 6) is 1.10. The zero-order chi connectivity index (χ0) is 16.3. The molecule has 2 N–H and O–H groups in total. The molecule has 23 heavy (non-hydrogen) atoms. The van der Waals surface area contributed by atoms with Gasteiger partial charge in [-0.1, -0.05) is 91.0 Å². The highest BCUT2D eigenvalue weighted by atomic mass is 32.1. The molecule has 0 aromatic heterocycles. The topological polar surface area (TPSA) is 26.0 Å². The first kappa shape index (κ1) is 17.3. The first-order chi connectivity index (χ1) is 11.4. The normalized spacial score (nSPS) is 10.0. The van der Waals surface area contributed by atoms with Gasteiger partial charge in [0.25, 0.3) is 0 Å². The van der Waals surface area contributed by atoms with Gasteiger partial charge in [-0.25, -0.2) is 0 Å². The van der Waals surface area contributed by atoms with E-state index < -0.39 is 0 Å². The Hall–Kier alpha value is -2.03. The fraction of sp³-hybridized carbons (Fsp3) is 0.143. The van der Waals surface area contributed by atoms with Crippen LogP contribution >= 0.6 is 12.6 Å². The second-order valence-corrected chi connectivity index (χ2v) is 5.62. The number of benzene rings is 3. The minimum atomic E-state index is 0.309. The highest BCUT2D eigenvalue weighted by Crippen LogP contribution is 2.31. The van der Waals surface area contributed by atoms with Crippen LogP contribution in [0.15, 0.2) is 91.0 Å². The van der Waals surface area contributed by atoms with Gasteiger partial charge >= 0.3 is 0 Å². The Morgan fingerprint density at radius 3 is 1.09 bits per heavy atom. The maximum Gasteiger partial charge on any atom is 0.0339 e. The molecule has 0 saturated carbocycles. The Morgan fingerprint density at radius 1 is 0.609 bits per heavy atom. The van der Waals surface area contributed by atoms with E-state index in [9.17, 15) is 0 Å². The monoisotopic (exact) mass is 321 g/mol. The Kier molecular flexibility index (Phi) is 7.44. The van der Waals surface area contributed by atoms with Gasteiger partial charge in [0.2, 0.25) is 0 Å². The molecule has 3 aromatic rings. The maximum absolute atomic E-state index is 4.95. The van der Waals surface area contributed by atoms with Gasteiger partial charge in [0.15, 0.2) is 0 Å². The summed E-state index contributed by atoms with van der Waals surface area (Å²) in [7, 11) is 0. The van der Waals surface area contributed by atoms with Crippen molar-refractivity contribution in [3.05, 3.63) is 108 Å². The second kappa shape index (κ2) is 9.88. The zero-order valence-corrected chi connectivity index (χ0v) is 14.1. The van der Waals surface area contributed by atoms with Crippen LogP contribution in [0.3, 0.4) is 0 Å². The predicted octanol–water partition coefficient (Wildman–Crippen LogP) is 4.74. The van der Waals surface area contributed by atoms with Crippen molar-refractivity contribution >= 4 is 12.6 Å². The average molecular weight is 321 g/mol. The van der Waals surface area contributed by atoms with E-state index in [1.54, 1.807) is 0 Å². The van der Waals surface area contributed by atoms with Crippen LogP contribution in [0, 0.1) is 0 Å². The van der Waals surface area contributed by atoms with Crippen LogP contribution in [0.4, 0.5) is 0 Å². The van der Waals surface area contributed by atoms with Crippen LogP contribution in [0.5, 0.6) is 0 Å². The minimum absolute atomic E-state index is 0.309. The van der Waals surface area contributed by atoms with Gasteiger partial charge in [0.1, 0.15) is 0 Å². The summed E-state index contributed by atoms with van der Waals surface area (Å²) < 4.78 is 0. The van der Waals surface area contributed by atoms with E-state index in [1.807, 2.05) is 0 Å². The summed E-state index contributed by atoms with van der Waals surface area (Å²) >= 11 is 3.80. The standard InChI is InChI=1S/C19H16.C2H7NS/c1-4-10-16(11-5-1)19(17-12-6-2-7-13-17)18-14-8-3-9-15-18;3-1-2-4/h1-15,19H;4H,1-3H2. The molecule has 1 nitrogen and oxygen atoms in total. The Bertz CT molecular complexity index is 557. The fourth-order valence-electron chi connectivity index (χ4n) is 2.51. The molecule has 0 atom stereocenters. The third-order valence-electron chi connectivity index (χ3n) is 3.53. The van der Waals surface area contributed by atoms with Crippen molar-refractivity contribution in [2.45, 2.75) is 5.92 Å². The van der Waals surface area contributed by atoms with Crippen molar-refractivity contribution in [1.82, 2.24) is 0 Å². The summed E-state index contributed by atoms with van der Waals surface area (Å²) in [6.45, 7) is 0.684. The van der Waals surface area contributed by atoms with Crippen LogP contribution in [0.1, 0.15) is 22.6 Å². The van der Waals surface area contributed by atoms with Crippen LogP contribution in [-0.4, -0.2) is 12.3 Å². The summed E-state index contributed by atoms with van der Waals surface area (Å²) in [4.78, 5) is 0. The Balaban J connectivity index is 0.000000433. The fourth-order valence-corrected chi connectivity index (χ4v) is 2.51. The smallest absolute Gasteiger partial charge is 0.0339 e. The van der Waals surface area contributed by atoms with Crippen molar-refractivity contribution in [2.75, 3.05) is 12.3 Å². The summed E-state index contributed by atoms with van der Waals surface area (Å²) in [5.41, 5.74) is 8.95. The zero-order valence-electron chi connectivity index (χ0n) is 13.2. The number of nitrogens with two attached hydrogens (primary N) is 1. The summed E-state index contributed by atoms with van der Waals surface area (Å²) in [5, 5.41) is 0. The molecule has 3 rings (SSSR count). The van der Waals surface area contributed by atoms with E-state index in [4.69, 9.17) is 5.73 Å². The quantitative estimate of drug-likeness (QED) is 0.527. The summed E-state index contributed by atoms with van der Waals surface area (Å²) in [6, 6.07) is 32.0. The highest BCUT2D eigenvalue weighted by Gasteiger charge is 2.15. The van der Waals surface area contributed by atoms with E-state index in [-0.39, 0.29) is 0 Å². The molecule has 0 aliphatic heterocycles. The van der Waals surface area contributed by atoms with Gasteiger partial charge in [-0.2, -0.15) is 12.6 Å². The lowest BCUT2D eigenvalue weighted by atomic mass is 9.85. The third-order valence-corrected chi connectivity index (χ3v) is 3.79. The number of hydrogen-bond donors (Lipinski definition) is 2. The van der Waals surface area contributed by atoms with Gasteiger partial charge < -0.3 is 5.73 Å².